The van der Waals surface area contributed by atoms with Crippen molar-refractivity contribution in [1.82, 2.24) is 19.9 Å². The Labute approximate surface area is 353 Å². The summed E-state index contributed by atoms with van der Waals surface area (Å²) in [6.45, 7) is 4.66. The number of nitrogens with two attached hydrogens (primary N) is 1. The van der Waals surface area contributed by atoms with E-state index >= 15 is 0 Å². The summed E-state index contributed by atoms with van der Waals surface area (Å²) < 4.78 is 63.9. The summed E-state index contributed by atoms with van der Waals surface area (Å²) in [5.74, 6) is -3.55. The topological polar surface area (TPSA) is 166 Å². The zero-order valence-corrected chi connectivity index (χ0v) is 33.6. The highest BCUT2D eigenvalue weighted by molar-refractivity contribution is 6.28. The first-order valence-electron chi connectivity index (χ1n) is 18.2. The van der Waals surface area contributed by atoms with Gasteiger partial charge in [-0.25, -0.2) is 37.5 Å². The Balaban J connectivity index is 0.000000194. The maximum absolute atomic E-state index is 13.4. The zero-order valence-electron chi connectivity index (χ0n) is 32.0. The number of halogens is 6. The van der Waals surface area contributed by atoms with Gasteiger partial charge < -0.3 is 31.2 Å². The average molecular weight is 866 g/mol. The molecule has 18 heteroatoms. The summed E-state index contributed by atoms with van der Waals surface area (Å²) in [6, 6.07) is 16.4. The van der Waals surface area contributed by atoms with E-state index in [9.17, 15) is 27.2 Å². The van der Waals surface area contributed by atoms with Gasteiger partial charge in [-0.3, -0.25) is 9.59 Å². The van der Waals surface area contributed by atoms with Gasteiger partial charge in [0, 0.05) is 78.3 Å². The highest BCUT2D eigenvalue weighted by Gasteiger charge is 2.27. The Hall–Kier alpha value is -6.36. The summed E-state index contributed by atoms with van der Waals surface area (Å²) in [5.41, 5.74) is 10.5. The van der Waals surface area contributed by atoms with Crippen LogP contribution >= 0.6 is 24.0 Å². The molecule has 0 aliphatic carbocycles. The SMILES string of the molecule is Cc1cnc(Cl)nc1.Cc1cnc(N[C@H]2CCOc3c(C(=O)Nc4ccc(F)c(F)c4)cccc32)nc1.Cl.N[C@H]1CCOc2c(C(=O)Nc3ccc(F)c(F)c3)cccc21. The van der Waals surface area contributed by atoms with E-state index in [0.717, 1.165) is 46.5 Å². The number of ether oxygens (including phenoxy) is 2. The summed E-state index contributed by atoms with van der Waals surface area (Å²) >= 11 is 5.39. The molecule has 312 valence electrons. The maximum atomic E-state index is 13.4. The second-order valence-electron chi connectivity index (χ2n) is 13.3. The van der Waals surface area contributed by atoms with Crippen molar-refractivity contribution in [3.8, 4) is 11.5 Å². The Kier molecular flexibility index (Phi) is 15.3. The molecule has 4 heterocycles. The predicted octanol–water partition coefficient (Wildman–Crippen LogP) is 9.11. The van der Waals surface area contributed by atoms with E-state index < -0.39 is 35.1 Å². The van der Waals surface area contributed by atoms with Gasteiger partial charge in [-0.15, -0.1) is 12.4 Å². The van der Waals surface area contributed by atoms with Crippen LogP contribution in [0.5, 0.6) is 11.5 Å². The number of amides is 2. The van der Waals surface area contributed by atoms with Gasteiger partial charge in [-0.05, 0) is 73.0 Å². The number of nitrogens with one attached hydrogen (secondary N) is 3. The van der Waals surface area contributed by atoms with Gasteiger partial charge in [0.05, 0.1) is 30.4 Å². The van der Waals surface area contributed by atoms with Crippen LogP contribution in [0.4, 0.5) is 34.9 Å². The van der Waals surface area contributed by atoms with Crippen molar-refractivity contribution in [2.24, 2.45) is 5.73 Å². The molecule has 5 N–H and O–H groups in total. The number of para-hydroxylation sites is 2. The summed E-state index contributed by atoms with van der Waals surface area (Å²) in [6.07, 6.45) is 8.16. The lowest BCUT2D eigenvalue weighted by Crippen LogP contribution is -2.24. The molecule has 6 aromatic rings. The second-order valence-corrected chi connectivity index (χ2v) is 13.6. The number of rotatable bonds is 6. The first-order chi connectivity index (χ1) is 28.4. The zero-order chi connectivity index (χ0) is 42.1. The summed E-state index contributed by atoms with van der Waals surface area (Å²) in [7, 11) is 0. The number of nitrogens with zero attached hydrogens (tertiary/aromatic N) is 4. The number of anilines is 3. The van der Waals surface area contributed by atoms with E-state index in [4.69, 9.17) is 26.8 Å². The number of fused-ring (bicyclic) bond motifs is 2. The molecule has 0 saturated heterocycles. The fourth-order valence-electron chi connectivity index (χ4n) is 5.93. The fraction of sp³-hybridized carbons (Fsp3) is 0.190. The van der Waals surface area contributed by atoms with Crippen molar-refractivity contribution in [2.45, 2.75) is 38.8 Å². The van der Waals surface area contributed by atoms with Crippen molar-refractivity contribution < 1.29 is 36.6 Å². The van der Waals surface area contributed by atoms with Crippen LogP contribution in [0.1, 0.15) is 67.9 Å². The number of hydrogen-bond donors (Lipinski definition) is 4. The molecule has 0 bridgehead atoms. The molecule has 0 radical (unpaired) electrons. The number of aromatic nitrogens is 4. The molecule has 0 saturated carbocycles. The smallest absolute Gasteiger partial charge is 0.259 e. The van der Waals surface area contributed by atoms with E-state index in [-0.39, 0.29) is 35.9 Å². The Morgan fingerprint density at radius 1 is 0.667 bits per heavy atom. The van der Waals surface area contributed by atoms with Crippen LogP contribution in [0.3, 0.4) is 0 Å². The first kappa shape index (κ1) is 44.7. The molecule has 12 nitrogen and oxygen atoms in total. The summed E-state index contributed by atoms with van der Waals surface area (Å²) in [4.78, 5) is 41.1. The Bertz CT molecular complexity index is 2430. The molecule has 2 aliphatic heterocycles. The van der Waals surface area contributed by atoms with E-state index in [1.807, 2.05) is 26.0 Å². The molecule has 0 spiro atoms. The fourth-order valence-corrected chi connectivity index (χ4v) is 6.03. The minimum atomic E-state index is -1.03. The van der Waals surface area contributed by atoms with Crippen LogP contribution in [0.2, 0.25) is 5.28 Å². The van der Waals surface area contributed by atoms with Gasteiger partial charge >= 0.3 is 0 Å². The number of aryl methyl sites for hydroxylation is 2. The Morgan fingerprint density at radius 3 is 1.63 bits per heavy atom. The molecule has 60 heavy (non-hydrogen) atoms. The normalized spacial score (nSPS) is 14.7. The highest BCUT2D eigenvalue weighted by atomic mass is 35.5. The van der Waals surface area contributed by atoms with Gasteiger partial charge in [0.15, 0.2) is 23.3 Å². The lowest BCUT2D eigenvalue weighted by Gasteiger charge is -2.28. The van der Waals surface area contributed by atoms with Gasteiger partial charge in [-0.1, -0.05) is 24.3 Å². The van der Waals surface area contributed by atoms with Gasteiger partial charge in [0.25, 0.3) is 11.8 Å². The molecule has 8 rings (SSSR count). The molecule has 2 aromatic heterocycles. The molecular formula is C42H38Cl2F4N8O4. The largest absolute Gasteiger partial charge is 0.492 e. The van der Waals surface area contributed by atoms with Crippen LogP contribution in [0, 0.1) is 37.1 Å². The van der Waals surface area contributed by atoms with Crippen LogP contribution < -0.4 is 31.2 Å². The average Bonchev–Trinajstić information content (AvgIpc) is 3.23. The quantitative estimate of drug-likeness (QED) is 0.0937. The molecule has 0 unspecified atom stereocenters. The molecule has 2 atom stereocenters. The molecular weight excluding hydrogens is 827 g/mol. The van der Waals surface area contributed by atoms with Gasteiger partial charge in [0.1, 0.15) is 11.5 Å². The van der Waals surface area contributed by atoms with Gasteiger partial charge in [-0.2, -0.15) is 0 Å². The molecule has 2 amide bonds. The number of carbonyl (C=O) groups excluding carboxylic acids is 2. The minimum absolute atomic E-state index is 0. The van der Waals surface area contributed by atoms with Crippen molar-refractivity contribution in [3.63, 3.8) is 0 Å². The van der Waals surface area contributed by atoms with E-state index in [0.29, 0.717) is 59.9 Å². The predicted molar refractivity (Wildman–Crippen MR) is 221 cm³/mol. The van der Waals surface area contributed by atoms with Crippen LogP contribution in [-0.4, -0.2) is 45.0 Å². The number of benzene rings is 4. The van der Waals surface area contributed by atoms with E-state index in [1.165, 1.54) is 12.1 Å². The van der Waals surface area contributed by atoms with Crippen LogP contribution in [-0.2, 0) is 0 Å². The second kappa shape index (κ2) is 20.6. The standard InChI is InChI=1S/C21H18F2N4O2.C16H14F2N2O2.C5H5ClN2.ClH/c1-12-10-24-21(25-11-12)27-18-7-8-29-19-14(18)3-2-4-15(19)20(28)26-13-5-6-16(22)17(23)9-13;17-12-5-4-9(8-13(12)18)20-16(21)11-3-1-2-10-14(19)6-7-22-15(10)11;1-4-2-7-5(6)8-3-4;/h2-6,9-11,18H,7-8H2,1H3,(H,26,28)(H,24,25,27);1-5,8,14H,6-7,19H2,(H,20,21);2-3H,1H3;1H/t18-;14-;;/m00../s1. The van der Waals surface area contributed by atoms with E-state index in [2.05, 4.69) is 35.9 Å². The van der Waals surface area contributed by atoms with Crippen molar-refractivity contribution in [3.05, 3.63) is 160 Å². The van der Waals surface area contributed by atoms with Crippen LogP contribution in [0.25, 0.3) is 0 Å². The Morgan fingerprint density at radius 2 is 1.13 bits per heavy atom. The molecule has 4 aromatic carbocycles. The van der Waals surface area contributed by atoms with E-state index in [1.54, 1.807) is 49.1 Å². The van der Waals surface area contributed by atoms with Crippen molar-refractivity contribution >= 4 is 53.1 Å². The lowest BCUT2D eigenvalue weighted by molar-refractivity contribution is 0.101. The van der Waals surface area contributed by atoms with Gasteiger partial charge in [0.2, 0.25) is 11.2 Å². The van der Waals surface area contributed by atoms with Crippen LogP contribution in [0.15, 0.2) is 97.6 Å². The third-order valence-electron chi connectivity index (χ3n) is 8.87. The number of hydrogen-bond acceptors (Lipinski definition) is 10. The minimum Gasteiger partial charge on any atom is -0.492 e. The number of carbonyl (C=O) groups is 2. The monoisotopic (exact) mass is 864 g/mol. The third-order valence-corrected chi connectivity index (χ3v) is 9.07. The third kappa shape index (κ3) is 11.4. The van der Waals surface area contributed by atoms with Crippen molar-refractivity contribution in [1.29, 1.82) is 0 Å². The lowest BCUT2D eigenvalue weighted by atomic mass is 9.97. The first-order valence-corrected chi connectivity index (χ1v) is 18.5. The van der Waals surface area contributed by atoms with Crippen molar-refractivity contribution in [2.75, 3.05) is 29.2 Å². The summed E-state index contributed by atoms with van der Waals surface area (Å²) in [5, 5.41) is 8.67. The maximum Gasteiger partial charge on any atom is 0.259 e. The molecule has 2 aliphatic rings. The molecule has 0 fully saturated rings. The highest BCUT2D eigenvalue weighted by Crippen LogP contribution is 2.37.